The molecule has 1 aromatic carbocycles. The predicted molar refractivity (Wildman–Crippen MR) is 82.1 cm³/mol. The molecule has 0 spiro atoms. The number of anilines is 1. The minimum atomic E-state index is 0.477. The Morgan fingerprint density at radius 2 is 2.17 bits per heavy atom. The Hall–Kier alpha value is -1.09. The molecule has 1 saturated carbocycles. The van der Waals surface area contributed by atoms with Gasteiger partial charge in [-0.2, -0.15) is 0 Å². The van der Waals surface area contributed by atoms with Crippen LogP contribution in [-0.2, 0) is 0 Å². The Morgan fingerprint density at radius 3 is 2.83 bits per heavy atom. The van der Waals surface area contributed by atoms with Gasteiger partial charge >= 0.3 is 0 Å². The standard InChI is InChI=1S/C15H22N2S/c1-10-4-3-5-12(8-10)17-14-7-6-11(2)9-13(14)15(16)18/h6-7,9-10,12,17H,3-5,8H2,1-2H3,(H2,16,18). The lowest BCUT2D eigenvalue weighted by Gasteiger charge is -2.29. The van der Waals surface area contributed by atoms with Crippen molar-refractivity contribution < 1.29 is 0 Å². The van der Waals surface area contributed by atoms with E-state index in [0.29, 0.717) is 11.0 Å². The molecule has 2 atom stereocenters. The number of nitrogens with two attached hydrogens (primary N) is 1. The van der Waals surface area contributed by atoms with Gasteiger partial charge in [0.25, 0.3) is 0 Å². The maximum Gasteiger partial charge on any atom is 0.106 e. The number of hydrogen-bond donors (Lipinski definition) is 2. The van der Waals surface area contributed by atoms with Gasteiger partial charge in [-0.1, -0.05) is 43.6 Å². The van der Waals surface area contributed by atoms with Gasteiger partial charge in [0.1, 0.15) is 4.99 Å². The average molecular weight is 262 g/mol. The Kier molecular flexibility index (Phi) is 4.23. The molecule has 1 fully saturated rings. The average Bonchev–Trinajstić information content (AvgIpc) is 2.31. The van der Waals surface area contributed by atoms with E-state index in [1.165, 1.54) is 31.2 Å². The number of thiocarbonyl (C=S) groups is 1. The molecule has 0 bridgehead atoms. The van der Waals surface area contributed by atoms with Crippen molar-refractivity contribution in [2.24, 2.45) is 11.7 Å². The summed E-state index contributed by atoms with van der Waals surface area (Å²) < 4.78 is 0. The van der Waals surface area contributed by atoms with E-state index in [1.807, 2.05) is 0 Å². The van der Waals surface area contributed by atoms with Crippen molar-refractivity contribution in [3.05, 3.63) is 29.3 Å². The van der Waals surface area contributed by atoms with E-state index in [9.17, 15) is 0 Å². The summed E-state index contributed by atoms with van der Waals surface area (Å²) in [5, 5.41) is 3.62. The second-order valence-electron chi connectivity index (χ2n) is 5.53. The van der Waals surface area contributed by atoms with Crippen LogP contribution in [0.1, 0.15) is 43.7 Å². The van der Waals surface area contributed by atoms with Crippen molar-refractivity contribution in [3.8, 4) is 0 Å². The van der Waals surface area contributed by atoms with Crippen molar-refractivity contribution in [3.63, 3.8) is 0 Å². The van der Waals surface area contributed by atoms with Gasteiger partial charge in [0.2, 0.25) is 0 Å². The van der Waals surface area contributed by atoms with E-state index in [-0.39, 0.29) is 0 Å². The van der Waals surface area contributed by atoms with Gasteiger partial charge in [-0.05, 0) is 37.8 Å². The molecule has 2 nitrogen and oxygen atoms in total. The highest BCUT2D eigenvalue weighted by Crippen LogP contribution is 2.27. The third-order valence-corrected chi connectivity index (χ3v) is 3.96. The molecule has 1 aliphatic carbocycles. The van der Waals surface area contributed by atoms with Crippen molar-refractivity contribution in [2.75, 3.05) is 5.32 Å². The lowest BCUT2D eigenvalue weighted by atomic mass is 9.87. The molecule has 3 N–H and O–H groups in total. The Bertz CT molecular complexity index is 442. The second kappa shape index (κ2) is 5.70. The van der Waals surface area contributed by atoms with Gasteiger partial charge in [-0.25, -0.2) is 0 Å². The van der Waals surface area contributed by atoms with E-state index < -0.39 is 0 Å². The molecule has 0 saturated heterocycles. The van der Waals surface area contributed by atoms with Crippen LogP contribution >= 0.6 is 12.2 Å². The third kappa shape index (κ3) is 3.22. The first kappa shape index (κ1) is 13.3. The molecule has 2 rings (SSSR count). The van der Waals surface area contributed by atoms with Crippen LogP contribution in [-0.4, -0.2) is 11.0 Å². The molecular formula is C15H22N2S. The Balaban J connectivity index is 2.15. The summed E-state index contributed by atoms with van der Waals surface area (Å²) in [7, 11) is 0. The van der Waals surface area contributed by atoms with Crippen LogP contribution < -0.4 is 11.1 Å². The summed E-state index contributed by atoms with van der Waals surface area (Å²) in [6, 6.07) is 6.83. The molecule has 3 heteroatoms. The van der Waals surface area contributed by atoms with Crippen LogP contribution in [0.15, 0.2) is 18.2 Å². The van der Waals surface area contributed by atoms with E-state index in [4.69, 9.17) is 18.0 Å². The summed E-state index contributed by atoms with van der Waals surface area (Å²) in [6.45, 7) is 4.39. The molecule has 0 aromatic heterocycles. The van der Waals surface area contributed by atoms with E-state index >= 15 is 0 Å². The largest absolute Gasteiger partial charge is 0.389 e. The Morgan fingerprint density at radius 1 is 1.39 bits per heavy atom. The van der Waals surface area contributed by atoms with Gasteiger partial charge in [0.15, 0.2) is 0 Å². The van der Waals surface area contributed by atoms with Gasteiger partial charge < -0.3 is 11.1 Å². The number of hydrogen-bond acceptors (Lipinski definition) is 2. The minimum absolute atomic E-state index is 0.477. The molecule has 1 aliphatic rings. The quantitative estimate of drug-likeness (QED) is 0.817. The summed E-state index contributed by atoms with van der Waals surface area (Å²) >= 11 is 5.14. The maximum atomic E-state index is 5.81. The van der Waals surface area contributed by atoms with E-state index in [1.54, 1.807) is 0 Å². The van der Waals surface area contributed by atoms with Gasteiger partial charge in [-0.15, -0.1) is 0 Å². The summed E-state index contributed by atoms with van der Waals surface area (Å²) in [4.78, 5) is 0.477. The molecule has 98 valence electrons. The maximum absolute atomic E-state index is 5.81. The number of benzene rings is 1. The van der Waals surface area contributed by atoms with Crippen LogP contribution in [0, 0.1) is 12.8 Å². The first-order valence-corrected chi connectivity index (χ1v) is 7.14. The lowest BCUT2D eigenvalue weighted by Crippen LogP contribution is -2.27. The minimum Gasteiger partial charge on any atom is -0.389 e. The molecule has 0 heterocycles. The van der Waals surface area contributed by atoms with Crippen LogP contribution in [0.3, 0.4) is 0 Å². The lowest BCUT2D eigenvalue weighted by molar-refractivity contribution is 0.358. The van der Waals surface area contributed by atoms with Crippen LogP contribution in [0.5, 0.6) is 0 Å². The van der Waals surface area contributed by atoms with Gasteiger partial charge in [-0.3, -0.25) is 0 Å². The normalized spacial score (nSPS) is 23.7. The third-order valence-electron chi connectivity index (χ3n) is 3.74. The fourth-order valence-electron chi connectivity index (χ4n) is 2.77. The summed E-state index contributed by atoms with van der Waals surface area (Å²) in [6.07, 6.45) is 5.15. The molecule has 2 unspecified atom stereocenters. The predicted octanol–water partition coefficient (Wildman–Crippen LogP) is 3.62. The van der Waals surface area contributed by atoms with Crippen LogP contribution in [0.4, 0.5) is 5.69 Å². The first-order valence-electron chi connectivity index (χ1n) is 6.73. The van der Waals surface area contributed by atoms with Gasteiger partial charge in [0.05, 0.1) is 0 Å². The highest BCUT2D eigenvalue weighted by atomic mass is 32.1. The monoisotopic (exact) mass is 262 g/mol. The van der Waals surface area contributed by atoms with E-state index in [0.717, 1.165) is 17.2 Å². The van der Waals surface area contributed by atoms with Crippen LogP contribution in [0.2, 0.25) is 0 Å². The number of rotatable bonds is 3. The number of nitrogens with one attached hydrogen (secondary N) is 1. The summed E-state index contributed by atoms with van der Waals surface area (Å²) in [5.41, 5.74) is 9.07. The fraction of sp³-hybridized carbons (Fsp3) is 0.533. The molecular weight excluding hydrogens is 240 g/mol. The SMILES string of the molecule is Cc1ccc(NC2CCCC(C)C2)c(C(N)=S)c1. The topological polar surface area (TPSA) is 38.0 Å². The molecule has 0 amide bonds. The number of aryl methyl sites for hydroxylation is 1. The molecule has 18 heavy (non-hydrogen) atoms. The summed E-state index contributed by atoms with van der Waals surface area (Å²) in [5.74, 6) is 0.815. The van der Waals surface area contributed by atoms with Crippen molar-refractivity contribution in [2.45, 2.75) is 45.6 Å². The van der Waals surface area contributed by atoms with Crippen molar-refractivity contribution >= 4 is 22.9 Å². The molecule has 0 aliphatic heterocycles. The molecule has 1 aromatic rings. The highest BCUT2D eigenvalue weighted by molar-refractivity contribution is 7.80. The molecule has 0 radical (unpaired) electrons. The van der Waals surface area contributed by atoms with Crippen molar-refractivity contribution in [1.82, 2.24) is 0 Å². The van der Waals surface area contributed by atoms with Gasteiger partial charge in [0, 0.05) is 17.3 Å². The highest BCUT2D eigenvalue weighted by Gasteiger charge is 2.19. The van der Waals surface area contributed by atoms with Crippen molar-refractivity contribution in [1.29, 1.82) is 0 Å². The zero-order valence-electron chi connectivity index (χ0n) is 11.2. The Labute approximate surface area is 115 Å². The zero-order valence-corrected chi connectivity index (χ0v) is 12.0. The van der Waals surface area contributed by atoms with Crippen LogP contribution in [0.25, 0.3) is 0 Å². The first-order chi connectivity index (χ1) is 8.56. The zero-order chi connectivity index (χ0) is 13.1. The second-order valence-corrected chi connectivity index (χ2v) is 5.97. The smallest absolute Gasteiger partial charge is 0.106 e. The van der Waals surface area contributed by atoms with E-state index in [2.05, 4.69) is 37.4 Å². The fourth-order valence-corrected chi connectivity index (χ4v) is 2.94.